The van der Waals surface area contributed by atoms with E-state index in [9.17, 15) is 14.7 Å². The second-order valence-electron chi connectivity index (χ2n) is 5.82. The average molecular weight is 335 g/mol. The molecule has 134 valence electrons. The van der Waals surface area contributed by atoms with Crippen LogP contribution < -0.4 is 10.6 Å². The molecule has 1 rings (SSSR count). The minimum absolute atomic E-state index is 0.0253. The first-order chi connectivity index (χ1) is 11.5. The van der Waals surface area contributed by atoms with Crippen molar-refractivity contribution < 1.29 is 14.7 Å². The van der Waals surface area contributed by atoms with Crippen LogP contribution in [-0.4, -0.2) is 47.6 Å². The van der Waals surface area contributed by atoms with E-state index in [0.29, 0.717) is 26.1 Å². The molecule has 0 saturated heterocycles. The van der Waals surface area contributed by atoms with Gasteiger partial charge in [-0.15, -0.1) is 0 Å². The fourth-order valence-electron chi connectivity index (χ4n) is 2.41. The van der Waals surface area contributed by atoms with Gasteiger partial charge in [0.05, 0.1) is 0 Å². The van der Waals surface area contributed by atoms with E-state index in [2.05, 4.69) is 10.6 Å². The van der Waals surface area contributed by atoms with Crippen molar-refractivity contribution in [3.05, 3.63) is 29.8 Å². The van der Waals surface area contributed by atoms with E-state index in [1.165, 1.54) is 0 Å². The van der Waals surface area contributed by atoms with Crippen molar-refractivity contribution in [3.8, 4) is 5.75 Å². The lowest BCUT2D eigenvalue weighted by atomic mass is 10.1. The molecule has 6 nitrogen and oxygen atoms in total. The molecule has 0 aliphatic carbocycles. The van der Waals surface area contributed by atoms with Crippen LogP contribution in [0.15, 0.2) is 24.3 Å². The molecule has 1 atom stereocenters. The van der Waals surface area contributed by atoms with Crippen LogP contribution in [0.25, 0.3) is 0 Å². The van der Waals surface area contributed by atoms with Gasteiger partial charge in [-0.05, 0) is 51.3 Å². The molecule has 3 amide bonds. The number of carbonyl (C=O) groups is 2. The lowest BCUT2D eigenvalue weighted by Crippen LogP contribution is -2.42. The smallest absolute Gasteiger partial charge is 0.315 e. The van der Waals surface area contributed by atoms with Gasteiger partial charge < -0.3 is 20.6 Å². The van der Waals surface area contributed by atoms with Gasteiger partial charge in [0.25, 0.3) is 0 Å². The standard InChI is InChI=1S/C18H29N3O3/c1-4-21(5-2)17(23)12-13-19-18(24)20-14(3)6-7-15-8-10-16(22)11-9-15/h8-11,14,22H,4-7,12-13H2,1-3H3,(H2,19,20,24). The highest BCUT2D eigenvalue weighted by atomic mass is 16.3. The summed E-state index contributed by atoms with van der Waals surface area (Å²) in [6, 6.07) is 6.85. The van der Waals surface area contributed by atoms with Gasteiger partial charge in [-0.25, -0.2) is 4.79 Å². The van der Waals surface area contributed by atoms with E-state index >= 15 is 0 Å². The Morgan fingerprint density at radius 2 is 1.79 bits per heavy atom. The Labute approximate surface area is 144 Å². The van der Waals surface area contributed by atoms with Gasteiger partial charge in [-0.1, -0.05) is 12.1 Å². The van der Waals surface area contributed by atoms with E-state index in [0.717, 1.165) is 18.4 Å². The predicted molar refractivity (Wildman–Crippen MR) is 95.0 cm³/mol. The summed E-state index contributed by atoms with van der Waals surface area (Å²) in [5.74, 6) is 0.309. The quantitative estimate of drug-likeness (QED) is 0.647. The van der Waals surface area contributed by atoms with Crippen molar-refractivity contribution in [1.29, 1.82) is 0 Å². The molecule has 0 aliphatic rings. The Morgan fingerprint density at radius 3 is 2.38 bits per heavy atom. The maximum atomic E-state index is 11.8. The van der Waals surface area contributed by atoms with Crippen LogP contribution in [0.1, 0.15) is 39.2 Å². The molecular formula is C18H29N3O3. The summed E-state index contributed by atoms with van der Waals surface area (Å²) in [5, 5.41) is 14.8. The third-order valence-electron chi connectivity index (χ3n) is 3.92. The van der Waals surface area contributed by atoms with Crippen molar-refractivity contribution in [2.75, 3.05) is 19.6 Å². The van der Waals surface area contributed by atoms with Crippen LogP contribution in [0.5, 0.6) is 5.75 Å². The fourth-order valence-corrected chi connectivity index (χ4v) is 2.41. The zero-order valence-corrected chi connectivity index (χ0v) is 14.8. The van der Waals surface area contributed by atoms with E-state index in [-0.39, 0.29) is 23.7 Å². The van der Waals surface area contributed by atoms with E-state index in [4.69, 9.17) is 0 Å². The van der Waals surface area contributed by atoms with Crippen molar-refractivity contribution in [3.63, 3.8) is 0 Å². The van der Waals surface area contributed by atoms with Crippen molar-refractivity contribution >= 4 is 11.9 Å². The number of hydrogen-bond donors (Lipinski definition) is 3. The number of phenols is 1. The maximum Gasteiger partial charge on any atom is 0.315 e. The highest BCUT2D eigenvalue weighted by Gasteiger charge is 2.11. The molecule has 0 aromatic heterocycles. The first-order valence-corrected chi connectivity index (χ1v) is 8.56. The first kappa shape index (κ1) is 19.8. The molecule has 24 heavy (non-hydrogen) atoms. The van der Waals surface area contributed by atoms with Crippen molar-refractivity contribution in [2.45, 2.75) is 46.1 Å². The van der Waals surface area contributed by atoms with Gasteiger partial charge in [0, 0.05) is 32.1 Å². The lowest BCUT2D eigenvalue weighted by molar-refractivity contribution is -0.130. The second-order valence-corrected chi connectivity index (χ2v) is 5.82. The summed E-state index contributed by atoms with van der Waals surface area (Å²) in [6.45, 7) is 7.55. The van der Waals surface area contributed by atoms with Crippen LogP contribution in [0.4, 0.5) is 4.79 Å². The molecule has 0 aliphatic heterocycles. The molecule has 3 N–H and O–H groups in total. The molecule has 0 radical (unpaired) electrons. The molecule has 0 spiro atoms. The highest BCUT2D eigenvalue weighted by Crippen LogP contribution is 2.11. The minimum atomic E-state index is -0.249. The molecule has 1 unspecified atom stereocenters. The van der Waals surface area contributed by atoms with Crippen molar-refractivity contribution in [2.24, 2.45) is 0 Å². The number of nitrogens with zero attached hydrogens (tertiary/aromatic N) is 1. The number of phenolic OH excluding ortho intramolecular Hbond substituents is 1. The summed E-state index contributed by atoms with van der Waals surface area (Å²) in [4.78, 5) is 25.4. The van der Waals surface area contributed by atoms with Crippen molar-refractivity contribution in [1.82, 2.24) is 15.5 Å². The van der Waals surface area contributed by atoms with Gasteiger partial charge in [0.1, 0.15) is 5.75 Å². The first-order valence-electron chi connectivity index (χ1n) is 8.56. The molecule has 0 fully saturated rings. The van der Waals surface area contributed by atoms with E-state index < -0.39 is 0 Å². The Kier molecular flexibility index (Phi) is 8.68. The topological polar surface area (TPSA) is 81.7 Å². The molecule has 6 heteroatoms. The molecule has 0 heterocycles. The Hall–Kier alpha value is -2.24. The van der Waals surface area contributed by atoms with Gasteiger partial charge >= 0.3 is 6.03 Å². The number of benzene rings is 1. The SMILES string of the molecule is CCN(CC)C(=O)CCNC(=O)NC(C)CCc1ccc(O)cc1. The number of rotatable bonds is 9. The summed E-state index contributed by atoms with van der Waals surface area (Å²) in [7, 11) is 0. The second kappa shape index (κ2) is 10.5. The fraction of sp³-hybridized carbons (Fsp3) is 0.556. The van der Waals surface area contributed by atoms with Gasteiger partial charge in [0.15, 0.2) is 0 Å². The number of nitrogens with one attached hydrogen (secondary N) is 2. The third kappa shape index (κ3) is 7.35. The number of urea groups is 1. The number of hydrogen-bond acceptors (Lipinski definition) is 3. The van der Waals surface area contributed by atoms with Crippen LogP contribution in [0, 0.1) is 0 Å². The number of carbonyl (C=O) groups excluding carboxylic acids is 2. The van der Waals surface area contributed by atoms with Crippen LogP contribution in [0.2, 0.25) is 0 Å². The average Bonchev–Trinajstić information content (AvgIpc) is 2.55. The van der Waals surface area contributed by atoms with Gasteiger partial charge in [0.2, 0.25) is 5.91 Å². The molecule has 1 aromatic rings. The number of amides is 3. The van der Waals surface area contributed by atoms with E-state index in [1.807, 2.05) is 32.9 Å². The summed E-state index contributed by atoms with van der Waals surface area (Å²) in [5.41, 5.74) is 1.12. The minimum Gasteiger partial charge on any atom is -0.508 e. The van der Waals surface area contributed by atoms with Crippen LogP contribution in [0.3, 0.4) is 0 Å². The summed E-state index contributed by atoms with van der Waals surface area (Å²) < 4.78 is 0. The summed E-state index contributed by atoms with van der Waals surface area (Å²) in [6.07, 6.45) is 1.94. The largest absolute Gasteiger partial charge is 0.508 e. The molecular weight excluding hydrogens is 306 g/mol. The molecule has 1 aromatic carbocycles. The summed E-state index contributed by atoms with van der Waals surface area (Å²) >= 11 is 0. The van der Waals surface area contributed by atoms with E-state index in [1.54, 1.807) is 17.0 Å². The highest BCUT2D eigenvalue weighted by molar-refractivity contribution is 5.78. The number of aromatic hydroxyl groups is 1. The predicted octanol–water partition coefficient (Wildman–Crippen LogP) is 2.27. The lowest BCUT2D eigenvalue weighted by Gasteiger charge is -2.19. The zero-order chi connectivity index (χ0) is 17.9. The van der Waals surface area contributed by atoms with Gasteiger partial charge in [-0.2, -0.15) is 0 Å². The maximum absolute atomic E-state index is 11.8. The Bertz CT molecular complexity index is 513. The Morgan fingerprint density at radius 1 is 1.17 bits per heavy atom. The zero-order valence-electron chi connectivity index (χ0n) is 14.8. The van der Waals surface area contributed by atoms with Gasteiger partial charge in [-0.3, -0.25) is 4.79 Å². The number of aryl methyl sites for hydroxylation is 1. The molecule has 0 saturated carbocycles. The van der Waals surface area contributed by atoms with Crippen LogP contribution >= 0.6 is 0 Å². The third-order valence-corrected chi connectivity index (χ3v) is 3.92. The molecule has 0 bridgehead atoms. The Balaban J connectivity index is 2.22. The van der Waals surface area contributed by atoms with Crippen LogP contribution in [-0.2, 0) is 11.2 Å². The normalized spacial score (nSPS) is 11.6. The monoisotopic (exact) mass is 335 g/mol.